The molecule has 0 radical (unpaired) electrons. The van der Waals surface area contributed by atoms with E-state index in [2.05, 4.69) is 27.5 Å². The van der Waals surface area contributed by atoms with Crippen LogP contribution in [0, 0.1) is 5.82 Å². The molecule has 22 heavy (non-hydrogen) atoms. The zero-order valence-corrected chi connectivity index (χ0v) is 13.8. The van der Waals surface area contributed by atoms with Crippen molar-refractivity contribution in [3.05, 3.63) is 52.4 Å². The van der Waals surface area contributed by atoms with Crippen molar-refractivity contribution in [3.8, 4) is 0 Å². The fourth-order valence-corrected chi connectivity index (χ4v) is 3.73. The first-order valence-electron chi connectivity index (χ1n) is 7.17. The molecule has 2 heterocycles. The lowest BCUT2D eigenvalue weighted by Crippen LogP contribution is -2.19. The number of alkyl halides is 1. The summed E-state index contributed by atoms with van der Waals surface area (Å²) < 4.78 is 20.2. The maximum Gasteiger partial charge on any atom is 0.200 e. The number of para-hydroxylation sites is 1. The summed E-state index contributed by atoms with van der Waals surface area (Å²) in [5, 5.41) is 0.779. The Morgan fingerprint density at radius 3 is 2.86 bits per heavy atom. The lowest BCUT2D eigenvalue weighted by atomic mass is 10.1. The topological polar surface area (TPSA) is 33.5 Å². The molecule has 112 valence electrons. The molecule has 3 aromatic rings. The molecule has 1 aromatic heterocycles. The van der Waals surface area contributed by atoms with Crippen LogP contribution in [0.4, 0.5) is 10.1 Å². The molecule has 1 fully saturated rings. The Morgan fingerprint density at radius 2 is 2.09 bits per heavy atom. The van der Waals surface area contributed by atoms with Crippen LogP contribution in [0.3, 0.4) is 0 Å². The highest BCUT2D eigenvalue weighted by Crippen LogP contribution is 2.28. The van der Waals surface area contributed by atoms with Crippen LogP contribution in [-0.4, -0.2) is 17.0 Å². The van der Waals surface area contributed by atoms with Crippen molar-refractivity contribution < 1.29 is 8.81 Å². The van der Waals surface area contributed by atoms with E-state index in [-0.39, 0.29) is 16.4 Å². The Bertz CT molecular complexity index is 937. The molecule has 0 spiro atoms. The first-order chi connectivity index (χ1) is 10.6. The quantitative estimate of drug-likeness (QED) is 0.345. The summed E-state index contributed by atoms with van der Waals surface area (Å²) >= 11 is 2.45. The summed E-state index contributed by atoms with van der Waals surface area (Å²) in [5.74, 6) is -0.504. The zero-order valence-electron chi connectivity index (χ0n) is 11.7. The number of halogens is 2. The Hall–Kier alpha value is -1.63. The standard InChI is InChI=1S/C17H13FINO2/c18-14-3-1-2-13-16(21)12-5-4-11(8-15(12)22-17(13)14)20-7-6-10(19)9-20/h1-5,8,10H,6-7,9H2/t10-/m1/s1. The van der Waals surface area contributed by atoms with Crippen molar-refractivity contribution in [1.29, 1.82) is 0 Å². The molecule has 0 N–H and O–H groups in total. The molecule has 4 rings (SSSR count). The van der Waals surface area contributed by atoms with Crippen LogP contribution in [0.1, 0.15) is 6.42 Å². The molecule has 0 unspecified atom stereocenters. The maximum atomic E-state index is 13.9. The van der Waals surface area contributed by atoms with Gasteiger partial charge in [0, 0.05) is 28.8 Å². The number of hydrogen-bond acceptors (Lipinski definition) is 3. The van der Waals surface area contributed by atoms with E-state index in [9.17, 15) is 9.18 Å². The Morgan fingerprint density at radius 1 is 1.23 bits per heavy atom. The van der Waals surface area contributed by atoms with Crippen molar-refractivity contribution >= 4 is 50.2 Å². The van der Waals surface area contributed by atoms with Crippen LogP contribution >= 0.6 is 22.6 Å². The third-order valence-electron chi connectivity index (χ3n) is 4.13. The smallest absolute Gasteiger partial charge is 0.200 e. The molecule has 0 amide bonds. The molecule has 1 saturated heterocycles. The summed E-state index contributed by atoms with van der Waals surface area (Å²) in [6.45, 7) is 1.98. The first-order valence-corrected chi connectivity index (χ1v) is 8.42. The van der Waals surface area contributed by atoms with Gasteiger partial charge >= 0.3 is 0 Å². The van der Waals surface area contributed by atoms with E-state index in [1.165, 1.54) is 12.1 Å². The van der Waals surface area contributed by atoms with Crippen molar-refractivity contribution in [1.82, 2.24) is 0 Å². The van der Waals surface area contributed by atoms with Crippen LogP contribution in [0.25, 0.3) is 21.9 Å². The number of rotatable bonds is 1. The molecule has 0 aliphatic carbocycles. The molecule has 3 nitrogen and oxygen atoms in total. The zero-order chi connectivity index (χ0) is 15.3. The predicted molar refractivity (Wildman–Crippen MR) is 94.6 cm³/mol. The highest BCUT2D eigenvalue weighted by molar-refractivity contribution is 14.1. The predicted octanol–water partition coefficient (Wildman–Crippen LogP) is 4.10. The molecular weight excluding hydrogens is 396 g/mol. The van der Waals surface area contributed by atoms with Gasteiger partial charge in [-0.1, -0.05) is 28.7 Å². The Kier molecular flexibility index (Phi) is 3.32. The van der Waals surface area contributed by atoms with Crippen LogP contribution in [0.5, 0.6) is 0 Å². The maximum absolute atomic E-state index is 13.9. The monoisotopic (exact) mass is 409 g/mol. The van der Waals surface area contributed by atoms with E-state index in [4.69, 9.17) is 4.42 Å². The van der Waals surface area contributed by atoms with Gasteiger partial charge in [0.2, 0.25) is 5.43 Å². The minimum absolute atomic E-state index is 0.0327. The molecule has 1 atom stereocenters. The average molecular weight is 409 g/mol. The van der Waals surface area contributed by atoms with E-state index in [1.54, 1.807) is 12.1 Å². The van der Waals surface area contributed by atoms with Crippen molar-refractivity contribution in [2.75, 3.05) is 18.0 Å². The second-order valence-corrected chi connectivity index (χ2v) is 7.32. The normalized spacial score (nSPS) is 18.5. The van der Waals surface area contributed by atoms with E-state index >= 15 is 0 Å². The van der Waals surface area contributed by atoms with E-state index in [0.717, 1.165) is 25.2 Å². The summed E-state index contributed by atoms with van der Waals surface area (Å²) in [5.41, 5.74) is 1.31. The summed E-state index contributed by atoms with van der Waals surface area (Å²) in [7, 11) is 0. The second-order valence-electron chi connectivity index (χ2n) is 5.56. The average Bonchev–Trinajstić information content (AvgIpc) is 2.95. The first kappa shape index (κ1) is 14.0. The van der Waals surface area contributed by atoms with Gasteiger partial charge in [-0.15, -0.1) is 0 Å². The lowest BCUT2D eigenvalue weighted by Gasteiger charge is -2.18. The van der Waals surface area contributed by atoms with Gasteiger partial charge in [0.1, 0.15) is 5.58 Å². The van der Waals surface area contributed by atoms with Crippen LogP contribution < -0.4 is 10.3 Å². The van der Waals surface area contributed by atoms with Gasteiger partial charge in [-0.05, 0) is 30.7 Å². The number of nitrogens with zero attached hydrogens (tertiary/aromatic N) is 1. The van der Waals surface area contributed by atoms with Crippen molar-refractivity contribution in [2.45, 2.75) is 10.3 Å². The van der Waals surface area contributed by atoms with Crippen LogP contribution in [-0.2, 0) is 0 Å². The van der Waals surface area contributed by atoms with E-state index < -0.39 is 5.82 Å². The largest absolute Gasteiger partial charge is 0.453 e. The van der Waals surface area contributed by atoms with Gasteiger partial charge in [-0.2, -0.15) is 0 Å². The second kappa shape index (κ2) is 5.22. The number of benzene rings is 2. The van der Waals surface area contributed by atoms with Crippen molar-refractivity contribution in [3.63, 3.8) is 0 Å². The molecule has 2 aromatic carbocycles. The third-order valence-corrected chi connectivity index (χ3v) is 5.15. The van der Waals surface area contributed by atoms with Crippen LogP contribution in [0.2, 0.25) is 0 Å². The fourth-order valence-electron chi connectivity index (χ4n) is 2.98. The SMILES string of the molecule is O=c1c2ccc(N3CC[C@@H](I)C3)cc2oc2c(F)cccc12. The van der Waals surface area contributed by atoms with Gasteiger partial charge in [-0.25, -0.2) is 4.39 Å². The number of fused-ring (bicyclic) bond motifs is 2. The van der Waals surface area contributed by atoms with Crippen LogP contribution in [0.15, 0.2) is 45.6 Å². The summed E-state index contributed by atoms with van der Waals surface area (Å²) in [6.07, 6.45) is 1.15. The molecule has 5 heteroatoms. The Balaban J connectivity index is 1.94. The van der Waals surface area contributed by atoms with Gasteiger partial charge in [0.25, 0.3) is 0 Å². The minimum atomic E-state index is -0.504. The third kappa shape index (κ3) is 2.18. The molecule has 1 aliphatic rings. The summed E-state index contributed by atoms with van der Waals surface area (Å²) in [6, 6.07) is 10.00. The fraction of sp³-hybridized carbons (Fsp3) is 0.235. The van der Waals surface area contributed by atoms with Gasteiger partial charge < -0.3 is 9.32 Å². The van der Waals surface area contributed by atoms with Crippen molar-refractivity contribution in [2.24, 2.45) is 0 Å². The number of anilines is 1. The summed E-state index contributed by atoms with van der Waals surface area (Å²) in [4.78, 5) is 14.7. The highest BCUT2D eigenvalue weighted by atomic mass is 127. The lowest BCUT2D eigenvalue weighted by molar-refractivity contribution is 0.579. The minimum Gasteiger partial charge on any atom is -0.453 e. The number of hydrogen-bond donors (Lipinski definition) is 0. The van der Waals surface area contributed by atoms with Gasteiger partial charge in [-0.3, -0.25) is 4.79 Å². The van der Waals surface area contributed by atoms with Gasteiger partial charge in [0.15, 0.2) is 11.4 Å². The molecule has 0 saturated carbocycles. The molecular formula is C17H13FINO2. The van der Waals surface area contributed by atoms with Gasteiger partial charge in [0.05, 0.1) is 10.8 Å². The molecule has 0 bridgehead atoms. The van der Waals surface area contributed by atoms with E-state index in [0.29, 0.717) is 14.9 Å². The molecule has 1 aliphatic heterocycles. The highest BCUT2D eigenvalue weighted by Gasteiger charge is 2.21. The van der Waals surface area contributed by atoms with E-state index in [1.807, 2.05) is 12.1 Å². The Labute approximate surface area is 139 Å².